The van der Waals surface area contributed by atoms with Gasteiger partial charge in [0, 0.05) is 15.9 Å². The van der Waals surface area contributed by atoms with Crippen LogP contribution in [0.4, 0.5) is 0 Å². The summed E-state index contributed by atoms with van der Waals surface area (Å²) in [7, 11) is 0. The zero-order valence-electron chi connectivity index (χ0n) is 13.2. The van der Waals surface area contributed by atoms with Crippen molar-refractivity contribution in [3.8, 4) is 5.75 Å². The number of halogens is 1. The molecule has 3 rings (SSSR count). The molecular weight excluding hydrogens is 344 g/mol. The molecule has 0 saturated carbocycles. The molecule has 112 valence electrons. The molecule has 1 aliphatic rings. The van der Waals surface area contributed by atoms with E-state index in [0.717, 1.165) is 9.54 Å². The van der Waals surface area contributed by atoms with Crippen LogP contribution in [-0.4, -0.2) is 0 Å². The summed E-state index contributed by atoms with van der Waals surface area (Å²) >= 11 is 5.32. The number of hydrogen-bond acceptors (Lipinski definition) is 2. The van der Waals surface area contributed by atoms with Crippen LogP contribution in [0.25, 0.3) is 0 Å². The number of thiophene rings is 1. The van der Waals surface area contributed by atoms with Crippen molar-refractivity contribution in [2.75, 3.05) is 0 Å². The molecular formula is C18H21BrOS. The maximum atomic E-state index is 6.47. The fourth-order valence-corrected chi connectivity index (χ4v) is 4.69. The molecule has 1 aliphatic heterocycles. The highest BCUT2D eigenvalue weighted by Gasteiger charge is 2.45. The van der Waals surface area contributed by atoms with Crippen LogP contribution in [-0.2, 0) is 10.8 Å². The Labute approximate surface area is 139 Å². The predicted molar refractivity (Wildman–Crippen MR) is 93.6 cm³/mol. The molecule has 0 spiro atoms. The van der Waals surface area contributed by atoms with E-state index in [1.165, 1.54) is 16.0 Å². The van der Waals surface area contributed by atoms with Gasteiger partial charge in [-0.15, -0.1) is 11.3 Å². The summed E-state index contributed by atoms with van der Waals surface area (Å²) in [5.74, 6) is 1.09. The van der Waals surface area contributed by atoms with Crippen LogP contribution in [0.2, 0.25) is 0 Å². The maximum Gasteiger partial charge on any atom is 0.142 e. The first-order valence-electron chi connectivity index (χ1n) is 7.27. The molecule has 2 heterocycles. The molecule has 2 aromatic rings. The minimum Gasteiger partial charge on any atom is -0.483 e. The fourth-order valence-electron chi connectivity index (χ4n) is 3.05. The van der Waals surface area contributed by atoms with Gasteiger partial charge in [0.05, 0.1) is 3.79 Å². The van der Waals surface area contributed by atoms with Crippen LogP contribution in [0.1, 0.15) is 56.7 Å². The number of ether oxygens (including phenoxy) is 1. The van der Waals surface area contributed by atoms with Gasteiger partial charge in [-0.1, -0.05) is 52.8 Å². The van der Waals surface area contributed by atoms with Crippen molar-refractivity contribution in [3.63, 3.8) is 0 Å². The summed E-state index contributed by atoms with van der Waals surface area (Å²) < 4.78 is 7.63. The van der Waals surface area contributed by atoms with Crippen molar-refractivity contribution >= 4 is 27.3 Å². The Morgan fingerprint density at radius 3 is 2.43 bits per heavy atom. The van der Waals surface area contributed by atoms with Crippen molar-refractivity contribution in [1.82, 2.24) is 0 Å². The van der Waals surface area contributed by atoms with Gasteiger partial charge in [-0.3, -0.25) is 0 Å². The normalized spacial score (nSPS) is 20.2. The smallest absolute Gasteiger partial charge is 0.142 e. The number of rotatable bonds is 1. The molecule has 0 bridgehead atoms. The average molecular weight is 365 g/mol. The van der Waals surface area contributed by atoms with E-state index in [0.29, 0.717) is 0 Å². The monoisotopic (exact) mass is 364 g/mol. The van der Waals surface area contributed by atoms with Gasteiger partial charge in [-0.25, -0.2) is 0 Å². The summed E-state index contributed by atoms with van der Waals surface area (Å²) in [6, 6.07) is 10.9. The molecule has 0 radical (unpaired) electrons. The molecule has 0 saturated heterocycles. The van der Waals surface area contributed by atoms with Crippen LogP contribution in [0.5, 0.6) is 5.75 Å². The molecule has 1 unspecified atom stereocenters. The minimum atomic E-state index is -0.0130. The number of benzene rings is 1. The zero-order chi connectivity index (χ0) is 15.4. The van der Waals surface area contributed by atoms with Gasteiger partial charge in [0.1, 0.15) is 11.9 Å². The Hall–Kier alpha value is -0.800. The SMILES string of the molecule is CC(C)(C)c1cccc2c1OC(c1ccc(Br)s1)C2(C)C. The number of para-hydroxylation sites is 1. The molecule has 21 heavy (non-hydrogen) atoms. The van der Waals surface area contributed by atoms with E-state index in [1.54, 1.807) is 11.3 Å². The van der Waals surface area contributed by atoms with Gasteiger partial charge in [-0.05, 0) is 39.0 Å². The first-order valence-corrected chi connectivity index (χ1v) is 8.88. The highest BCUT2D eigenvalue weighted by molar-refractivity contribution is 9.11. The second-order valence-electron chi connectivity index (χ2n) is 7.29. The van der Waals surface area contributed by atoms with Gasteiger partial charge < -0.3 is 4.74 Å². The van der Waals surface area contributed by atoms with Crippen LogP contribution in [0, 0.1) is 0 Å². The lowest BCUT2D eigenvalue weighted by atomic mass is 9.77. The molecule has 0 N–H and O–H groups in total. The third-order valence-corrected chi connectivity index (χ3v) is 5.93. The molecule has 1 aromatic carbocycles. The first-order chi connectivity index (χ1) is 9.71. The maximum absolute atomic E-state index is 6.47. The predicted octanol–water partition coefficient (Wildman–Crippen LogP) is 6.22. The summed E-state index contributed by atoms with van der Waals surface area (Å²) in [6.45, 7) is 11.3. The van der Waals surface area contributed by atoms with Crippen LogP contribution in [0.15, 0.2) is 34.1 Å². The van der Waals surface area contributed by atoms with E-state index in [-0.39, 0.29) is 16.9 Å². The Bertz CT molecular complexity index is 679. The lowest BCUT2D eigenvalue weighted by molar-refractivity contribution is 0.170. The van der Waals surface area contributed by atoms with E-state index >= 15 is 0 Å². The standard InChI is InChI=1S/C18H21BrOS/c1-17(2,3)11-7-6-8-12-15(11)20-16(18(12,4)5)13-9-10-14(19)21-13/h6-10,16H,1-5H3. The number of fused-ring (bicyclic) bond motifs is 1. The molecule has 1 aromatic heterocycles. The average Bonchev–Trinajstić information content (AvgIpc) is 2.90. The third-order valence-electron chi connectivity index (χ3n) is 4.26. The Kier molecular flexibility index (Phi) is 3.49. The summed E-state index contributed by atoms with van der Waals surface area (Å²) in [4.78, 5) is 1.28. The highest BCUT2D eigenvalue weighted by atomic mass is 79.9. The third kappa shape index (κ3) is 2.44. The summed E-state index contributed by atoms with van der Waals surface area (Å²) in [5.41, 5.74) is 2.70. The van der Waals surface area contributed by atoms with E-state index < -0.39 is 0 Å². The second kappa shape index (κ2) is 4.85. The number of hydrogen-bond donors (Lipinski definition) is 0. The van der Waals surface area contributed by atoms with E-state index in [9.17, 15) is 0 Å². The van der Waals surface area contributed by atoms with E-state index in [1.807, 2.05) is 0 Å². The summed E-state index contributed by atoms with van der Waals surface area (Å²) in [6.07, 6.45) is 0.0901. The Balaban J connectivity index is 2.12. The van der Waals surface area contributed by atoms with Crippen molar-refractivity contribution in [2.45, 2.75) is 51.6 Å². The quantitative estimate of drug-likeness (QED) is 0.583. The summed E-state index contributed by atoms with van der Waals surface area (Å²) in [5, 5.41) is 0. The van der Waals surface area contributed by atoms with Crippen molar-refractivity contribution < 1.29 is 4.74 Å². The van der Waals surface area contributed by atoms with E-state index in [4.69, 9.17) is 4.74 Å². The van der Waals surface area contributed by atoms with E-state index in [2.05, 4.69) is 80.9 Å². The second-order valence-corrected chi connectivity index (χ2v) is 9.79. The van der Waals surface area contributed by atoms with Crippen LogP contribution >= 0.6 is 27.3 Å². The highest BCUT2D eigenvalue weighted by Crippen LogP contribution is 2.54. The van der Waals surface area contributed by atoms with Gasteiger partial charge in [0.15, 0.2) is 0 Å². The molecule has 0 aliphatic carbocycles. The Morgan fingerprint density at radius 1 is 1.14 bits per heavy atom. The Morgan fingerprint density at radius 2 is 1.86 bits per heavy atom. The largest absolute Gasteiger partial charge is 0.483 e. The first kappa shape index (κ1) is 15.1. The van der Waals surface area contributed by atoms with Crippen LogP contribution < -0.4 is 4.74 Å². The molecule has 3 heteroatoms. The lowest BCUT2D eigenvalue weighted by Gasteiger charge is -2.24. The van der Waals surface area contributed by atoms with Crippen molar-refractivity contribution in [3.05, 3.63) is 50.1 Å². The lowest BCUT2D eigenvalue weighted by Crippen LogP contribution is -2.23. The topological polar surface area (TPSA) is 9.23 Å². The zero-order valence-corrected chi connectivity index (χ0v) is 15.6. The van der Waals surface area contributed by atoms with Crippen molar-refractivity contribution in [2.24, 2.45) is 0 Å². The van der Waals surface area contributed by atoms with Gasteiger partial charge in [0.25, 0.3) is 0 Å². The molecule has 0 fully saturated rings. The van der Waals surface area contributed by atoms with Gasteiger partial charge in [0.2, 0.25) is 0 Å². The van der Waals surface area contributed by atoms with Gasteiger partial charge in [-0.2, -0.15) is 0 Å². The van der Waals surface area contributed by atoms with Crippen LogP contribution in [0.3, 0.4) is 0 Å². The molecule has 1 nitrogen and oxygen atoms in total. The minimum absolute atomic E-state index is 0.0130. The van der Waals surface area contributed by atoms with Crippen molar-refractivity contribution in [1.29, 1.82) is 0 Å². The fraction of sp³-hybridized carbons (Fsp3) is 0.444. The van der Waals surface area contributed by atoms with Gasteiger partial charge >= 0.3 is 0 Å². The molecule has 0 amide bonds. The molecule has 1 atom stereocenters.